The van der Waals surface area contributed by atoms with E-state index in [0.717, 1.165) is 17.7 Å². The second kappa shape index (κ2) is 9.54. The lowest BCUT2D eigenvalue weighted by Gasteiger charge is -2.17. The van der Waals surface area contributed by atoms with Gasteiger partial charge in [0.25, 0.3) is 5.91 Å². The van der Waals surface area contributed by atoms with Crippen LogP contribution in [0.1, 0.15) is 16.1 Å². The van der Waals surface area contributed by atoms with Crippen LogP contribution in [-0.4, -0.2) is 43.7 Å². The van der Waals surface area contributed by atoms with E-state index in [1.807, 2.05) is 48.5 Å². The molecule has 0 saturated heterocycles. The van der Waals surface area contributed by atoms with E-state index in [4.69, 9.17) is 9.47 Å². The van der Waals surface area contributed by atoms with Gasteiger partial charge >= 0.3 is 0 Å². The molecule has 0 aliphatic carbocycles. The van der Waals surface area contributed by atoms with Gasteiger partial charge in [-0.1, -0.05) is 24.3 Å². The van der Waals surface area contributed by atoms with Crippen LogP contribution >= 0.6 is 0 Å². The van der Waals surface area contributed by atoms with Gasteiger partial charge in [0, 0.05) is 25.5 Å². The van der Waals surface area contributed by atoms with Crippen LogP contribution in [0.4, 0.5) is 11.6 Å². The maximum absolute atomic E-state index is 12.7. The van der Waals surface area contributed by atoms with E-state index in [0.29, 0.717) is 29.7 Å². The molecule has 0 aliphatic rings. The van der Waals surface area contributed by atoms with E-state index >= 15 is 0 Å². The van der Waals surface area contributed by atoms with Crippen LogP contribution in [0.5, 0.6) is 11.5 Å². The Morgan fingerprint density at radius 1 is 1.03 bits per heavy atom. The number of nitrogens with one attached hydrogen (secondary N) is 1. The molecule has 29 heavy (non-hydrogen) atoms. The third kappa shape index (κ3) is 5.01. The van der Waals surface area contributed by atoms with Gasteiger partial charge in [-0.3, -0.25) is 4.79 Å². The van der Waals surface area contributed by atoms with Crippen molar-refractivity contribution in [3.63, 3.8) is 0 Å². The predicted molar refractivity (Wildman–Crippen MR) is 113 cm³/mol. The fourth-order valence-corrected chi connectivity index (χ4v) is 2.86. The van der Waals surface area contributed by atoms with Crippen molar-refractivity contribution in [3.8, 4) is 11.5 Å². The van der Waals surface area contributed by atoms with Gasteiger partial charge in [-0.15, -0.1) is 0 Å². The molecule has 1 heterocycles. The normalized spacial score (nSPS) is 10.3. The molecule has 0 saturated carbocycles. The topological polar surface area (TPSA) is 76.6 Å². The predicted octanol–water partition coefficient (Wildman–Crippen LogP) is 3.43. The molecule has 1 N–H and O–H groups in total. The standard InChI is InChI=1S/C22H24N4O3/c1-26(17-7-5-4-6-8-17)21(27)18-12-14-24-22(25-18)23-13-11-16-9-10-19(28-2)20(15-16)29-3/h4-10,12,14-15H,11,13H2,1-3H3,(H,23,24,25). The summed E-state index contributed by atoms with van der Waals surface area (Å²) in [5, 5.41) is 3.17. The molecule has 3 aromatic rings. The molecule has 0 radical (unpaired) electrons. The number of methoxy groups -OCH3 is 2. The van der Waals surface area contributed by atoms with Crippen LogP contribution in [0.15, 0.2) is 60.8 Å². The van der Waals surface area contributed by atoms with Crippen LogP contribution in [0.25, 0.3) is 0 Å². The van der Waals surface area contributed by atoms with Crippen molar-refractivity contribution in [2.45, 2.75) is 6.42 Å². The Morgan fingerprint density at radius 3 is 2.52 bits per heavy atom. The minimum atomic E-state index is -0.193. The summed E-state index contributed by atoms with van der Waals surface area (Å²) in [5.41, 5.74) is 2.23. The minimum absolute atomic E-state index is 0.193. The lowest BCUT2D eigenvalue weighted by molar-refractivity contribution is 0.0988. The smallest absolute Gasteiger partial charge is 0.276 e. The van der Waals surface area contributed by atoms with E-state index in [2.05, 4.69) is 15.3 Å². The third-order valence-corrected chi connectivity index (χ3v) is 4.47. The zero-order chi connectivity index (χ0) is 20.6. The first-order valence-electron chi connectivity index (χ1n) is 9.23. The number of carbonyl (C=O) groups is 1. The quantitative estimate of drug-likeness (QED) is 0.633. The van der Waals surface area contributed by atoms with Gasteiger partial charge in [-0.25, -0.2) is 9.97 Å². The lowest BCUT2D eigenvalue weighted by atomic mass is 10.1. The number of benzene rings is 2. The van der Waals surface area contributed by atoms with Crippen LogP contribution in [0.2, 0.25) is 0 Å². The lowest BCUT2D eigenvalue weighted by Crippen LogP contribution is -2.27. The summed E-state index contributed by atoms with van der Waals surface area (Å²) >= 11 is 0. The molecule has 0 fully saturated rings. The first-order valence-corrected chi connectivity index (χ1v) is 9.23. The molecule has 1 amide bonds. The molecular weight excluding hydrogens is 368 g/mol. The highest BCUT2D eigenvalue weighted by molar-refractivity contribution is 6.04. The summed E-state index contributed by atoms with van der Waals surface area (Å²) in [7, 11) is 4.95. The number of carbonyl (C=O) groups excluding carboxylic acids is 1. The number of rotatable bonds is 8. The number of amides is 1. The van der Waals surface area contributed by atoms with Crippen LogP contribution in [0, 0.1) is 0 Å². The Hall–Kier alpha value is -3.61. The molecule has 7 nitrogen and oxygen atoms in total. The van der Waals surface area contributed by atoms with Crippen LogP contribution < -0.4 is 19.7 Å². The number of hydrogen-bond donors (Lipinski definition) is 1. The summed E-state index contributed by atoms with van der Waals surface area (Å²) < 4.78 is 10.6. The highest BCUT2D eigenvalue weighted by Crippen LogP contribution is 2.27. The van der Waals surface area contributed by atoms with E-state index in [9.17, 15) is 4.79 Å². The maximum atomic E-state index is 12.7. The van der Waals surface area contributed by atoms with E-state index in [-0.39, 0.29) is 5.91 Å². The molecule has 0 aliphatic heterocycles. The molecule has 2 aromatic carbocycles. The maximum Gasteiger partial charge on any atom is 0.276 e. The molecule has 0 bridgehead atoms. The highest BCUT2D eigenvalue weighted by Gasteiger charge is 2.15. The number of ether oxygens (including phenoxy) is 2. The number of anilines is 2. The first-order chi connectivity index (χ1) is 14.1. The molecule has 0 unspecified atom stereocenters. The van der Waals surface area contributed by atoms with Crippen molar-refractivity contribution in [1.82, 2.24) is 9.97 Å². The number of para-hydroxylation sites is 1. The molecular formula is C22H24N4O3. The summed E-state index contributed by atoms with van der Waals surface area (Å²) in [6.07, 6.45) is 2.32. The summed E-state index contributed by atoms with van der Waals surface area (Å²) in [6, 6.07) is 16.9. The Morgan fingerprint density at radius 2 is 1.79 bits per heavy atom. The van der Waals surface area contributed by atoms with Gasteiger partial charge in [0.15, 0.2) is 11.5 Å². The van der Waals surface area contributed by atoms with Gasteiger partial charge in [-0.05, 0) is 42.3 Å². The molecule has 7 heteroatoms. The number of aromatic nitrogens is 2. The monoisotopic (exact) mass is 392 g/mol. The van der Waals surface area contributed by atoms with Crippen LogP contribution in [-0.2, 0) is 6.42 Å². The van der Waals surface area contributed by atoms with Gasteiger partial charge in [0.1, 0.15) is 5.69 Å². The zero-order valence-electron chi connectivity index (χ0n) is 16.8. The van der Waals surface area contributed by atoms with E-state index in [1.165, 1.54) is 0 Å². The summed E-state index contributed by atoms with van der Waals surface area (Å²) in [5.74, 6) is 1.61. The SMILES string of the molecule is COc1ccc(CCNc2nccc(C(=O)N(C)c3ccccc3)n2)cc1OC. The average molecular weight is 392 g/mol. The second-order valence-electron chi connectivity index (χ2n) is 6.33. The summed E-state index contributed by atoms with van der Waals surface area (Å²) in [4.78, 5) is 22.8. The zero-order valence-corrected chi connectivity index (χ0v) is 16.8. The van der Waals surface area contributed by atoms with Gasteiger partial charge < -0.3 is 19.7 Å². The average Bonchev–Trinajstić information content (AvgIpc) is 2.78. The third-order valence-electron chi connectivity index (χ3n) is 4.47. The molecule has 0 atom stereocenters. The van der Waals surface area contributed by atoms with Crippen molar-refractivity contribution < 1.29 is 14.3 Å². The van der Waals surface area contributed by atoms with Crippen LogP contribution in [0.3, 0.4) is 0 Å². The molecule has 3 rings (SSSR count). The molecule has 150 valence electrons. The Labute approximate surface area is 170 Å². The van der Waals surface area contributed by atoms with Gasteiger partial charge in [0.2, 0.25) is 5.95 Å². The van der Waals surface area contributed by atoms with Crippen molar-refractivity contribution >= 4 is 17.5 Å². The fourth-order valence-electron chi connectivity index (χ4n) is 2.86. The first kappa shape index (κ1) is 20.1. The van der Waals surface area contributed by atoms with Gasteiger partial charge in [-0.2, -0.15) is 0 Å². The van der Waals surface area contributed by atoms with Crippen molar-refractivity contribution in [3.05, 3.63) is 72.1 Å². The van der Waals surface area contributed by atoms with E-state index in [1.54, 1.807) is 38.4 Å². The van der Waals surface area contributed by atoms with Crippen molar-refractivity contribution in [2.75, 3.05) is 38.0 Å². The second-order valence-corrected chi connectivity index (χ2v) is 6.33. The minimum Gasteiger partial charge on any atom is -0.493 e. The van der Waals surface area contributed by atoms with Crippen molar-refractivity contribution in [1.29, 1.82) is 0 Å². The highest BCUT2D eigenvalue weighted by atomic mass is 16.5. The van der Waals surface area contributed by atoms with Crippen molar-refractivity contribution in [2.24, 2.45) is 0 Å². The summed E-state index contributed by atoms with van der Waals surface area (Å²) in [6.45, 7) is 0.613. The Kier molecular flexibility index (Phi) is 6.63. The Balaban J connectivity index is 1.62. The Bertz CT molecular complexity index is 963. The fraction of sp³-hybridized carbons (Fsp3) is 0.227. The largest absolute Gasteiger partial charge is 0.493 e. The number of nitrogens with zero attached hydrogens (tertiary/aromatic N) is 3. The molecule has 1 aromatic heterocycles. The number of hydrogen-bond acceptors (Lipinski definition) is 6. The van der Waals surface area contributed by atoms with Gasteiger partial charge in [0.05, 0.1) is 14.2 Å². The molecule has 0 spiro atoms. The van der Waals surface area contributed by atoms with E-state index < -0.39 is 0 Å².